The van der Waals surface area contributed by atoms with Gasteiger partial charge in [0.05, 0.1) is 24.3 Å². The highest BCUT2D eigenvalue weighted by molar-refractivity contribution is 5.95. The number of benzene rings is 3. The van der Waals surface area contributed by atoms with Crippen LogP contribution in [0.5, 0.6) is 0 Å². The van der Waals surface area contributed by atoms with E-state index >= 15 is 0 Å². The van der Waals surface area contributed by atoms with E-state index in [2.05, 4.69) is 27.9 Å². The number of nitrogens with zero attached hydrogens (tertiary/aromatic N) is 4. The van der Waals surface area contributed by atoms with Crippen LogP contribution in [0.3, 0.4) is 0 Å². The normalized spacial score (nSPS) is 11.7. The van der Waals surface area contributed by atoms with Gasteiger partial charge in [0.2, 0.25) is 0 Å². The summed E-state index contributed by atoms with van der Waals surface area (Å²) < 4.78 is 3.67. The molecule has 0 aliphatic heterocycles. The molecule has 2 heterocycles. The zero-order valence-corrected chi connectivity index (χ0v) is 19.4. The lowest BCUT2D eigenvalue weighted by atomic mass is 9.87. The van der Waals surface area contributed by atoms with Gasteiger partial charge in [0.25, 0.3) is 5.56 Å². The molecule has 0 radical (unpaired) electrons. The highest BCUT2D eigenvalue weighted by Gasteiger charge is 2.21. The Bertz CT molecular complexity index is 1710. The van der Waals surface area contributed by atoms with Crippen LogP contribution in [0.4, 0.5) is 5.69 Å². The first-order chi connectivity index (χ1) is 17.0. The Morgan fingerprint density at radius 1 is 1.00 bits per heavy atom. The summed E-state index contributed by atoms with van der Waals surface area (Å²) in [4.78, 5) is 20.7. The summed E-state index contributed by atoms with van der Waals surface area (Å²) in [5, 5.41) is 0.962. The summed E-state index contributed by atoms with van der Waals surface area (Å²) in [7, 11) is 3.76. The van der Waals surface area contributed by atoms with E-state index in [1.807, 2.05) is 72.4 Å². The van der Waals surface area contributed by atoms with E-state index in [4.69, 9.17) is 13.0 Å². The highest BCUT2D eigenvalue weighted by atomic mass is 16.1. The fraction of sp³-hybridized carbons (Fsp3) is 0.100. The molecule has 1 atom stereocenters. The molecule has 5 heteroatoms. The Balaban J connectivity index is 1.78. The van der Waals surface area contributed by atoms with Gasteiger partial charge in [-0.25, -0.2) is 9.83 Å². The van der Waals surface area contributed by atoms with Crippen molar-refractivity contribution < 1.29 is 0 Å². The van der Waals surface area contributed by atoms with Crippen molar-refractivity contribution in [3.63, 3.8) is 0 Å². The van der Waals surface area contributed by atoms with Gasteiger partial charge in [-0.1, -0.05) is 48.4 Å². The second-order valence-corrected chi connectivity index (χ2v) is 8.52. The number of fused-ring (bicyclic) bond motifs is 1. The zero-order valence-electron chi connectivity index (χ0n) is 19.4. The fourth-order valence-corrected chi connectivity index (χ4v) is 4.59. The minimum absolute atomic E-state index is 0.0794. The van der Waals surface area contributed by atoms with Crippen LogP contribution in [0, 0.1) is 18.9 Å². The highest BCUT2D eigenvalue weighted by Crippen LogP contribution is 2.36. The maximum atomic E-state index is 12.8. The number of pyridine rings is 1. The number of aryl methyl sites for hydroxylation is 2. The zero-order chi connectivity index (χ0) is 24.5. The number of rotatable bonds is 4. The van der Waals surface area contributed by atoms with Crippen molar-refractivity contribution in [3.8, 4) is 23.5 Å². The number of hydrogen-bond acceptors (Lipinski definition) is 2. The summed E-state index contributed by atoms with van der Waals surface area (Å²) in [6.07, 6.45) is 9.30. The first-order valence-corrected chi connectivity index (χ1v) is 11.1. The number of aromatic nitrogens is 3. The average Bonchev–Trinajstić information content (AvgIpc) is 3.32. The van der Waals surface area contributed by atoms with Crippen molar-refractivity contribution >= 4 is 16.6 Å². The molecule has 35 heavy (non-hydrogen) atoms. The molecule has 5 rings (SSSR count). The average molecular weight is 455 g/mol. The van der Waals surface area contributed by atoms with E-state index < -0.39 is 0 Å². The predicted octanol–water partition coefficient (Wildman–Crippen LogP) is 5.65. The Morgan fingerprint density at radius 2 is 1.77 bits per heavy atom. The molecule has 0 unspecified atom stereocenters. The third-order valence-corrected chi connectivity index (χ3v) is 6.45. The van der Waals surface area contributed by atoms with Gasteiger partial charge in [-0.05, 0) is 46.5 Å². The first-order valence-electron chi connectivity index (χ1n) is 11.1. The van der Waals surface area contributed by atoms with Crippen LogP contribution in [-0.2, 0) is 14.1 Å². The summed E-state index contributed by atoms with van der Waals surface area (Å²) in [6, 6.07) is 23.2. The minimum atomic E-state index is -0.103. The summed E-state index contributed by atoms with van der Waals surface area (Å²) in [6.45, 7) is 7.29. The van der Waals surface area contributed by atoms with Crippen molar-refractivity contribution in [2.75, 3.05) is 0 Å². The molecular formula is C30H22N4O. The number of hydrogen-bond donors (Lipinski definition) is 0. The lowest BCUT2D eigenvalue weighted by molar-refractivity contribution is 0.793. The molecular weight excluding hydrogens is 432 g/mol. The van der Waals surface area contributed by atoms with E-state index in [1.165, 1.54) is 0 Å². The van der Waals surface area contributed by atoms with E-state index in [0.29, 0.717) is 5.69 Å². The Kier molecular flexibility index (Phi) is 5.53. The Morgan fingerprint density at radius 3 is 2.46 bits per heavy atom. The molecule has 0 saturated heterocycles. The molecule has 5 nitrogen and oxygen atoms in total. The fourth-order valence-electron chi connectivity index (χ4n) is 4.59. The Hall–Kier alpha value is -4.87. The largest absolute Gasteiger partial charge is 0.337 e. The third-order valence-electron chi connectivity index (χ3n) is 6.45. The lowest BCUT2D eigenvalue weighted by Gasteiger charge is -2.21. The van der Waals surface area contributed by atoms with E-state index in [9.17, 15) is 4.79 Å². The molecule has 5 aromatic rings. The van der Waals surface area contributed by atoms with E-state index in [0.717, 1.165) is 44.4 Å². The third kappa shape index (κ3) is 3.90. The van der Waals surface area contributed by atoms with Crippen molar-refractivity contribution in [2.45, 2.75) is 5.92 Å². The van der Waals surface area contributed by atoms with Gasteiger partial charge in [-0.15, -0.1) is 6.42 Å². The van der Waals surface area contributed by atoms with E-state index in [-0.39, 0.29) is 11.5 Å². The number of terminal acetylenes is 1. The number of imidazole rings is 1. The van der Waals surface area contributed by atoms with Crippen LogP contribution >= 0.6 is 0 Å². The summed E-state index contributed by atoms with van der Waals surface area (Å²) in [5.74, 6) is 2.58. The van der Waals surface area contributed by atoms with Crippen LogP contribution in [0.15, 0.2) is 90.1 Å². The first kappa shape index (κ1) is 21.9. The van der Waals surface area contributed by atoms with Crippen LogP contribution < -0.4 is 5.56 Å². The van der Waals surface area contributed by atoms with Crippen LogP contribution in [0.2, 0.25) is 0 Å². The molecule has 0 saturated carbocycles. The Labute approximate surface area is 203 Å². The minimum Gasteiger partial charge on any atom is -0.337 e. The molecule has 2 aromatic heterocycles. The molecule has 0 N–H and O–H groups in total. The van der Waals surface area contributed by atoms with Gasteiger partial charge in [0, 0.05) is 43.0 Å². The van der Waals surface area contributed by atoms with Gasteiger partial charge in [0.1, 0.15) is 0 Å². The van der Waals surface area contributed by atoms with Crippen LogP contribution in [0.25, 0.3) is 26.9 Å². The molecule has 0 bridgehead atoms. The van der Waals surface area contributed by atoms with Gasteiger partial charge < -0.3 is 9.13 Å². The molecule has 0 spiro atoms. The quantitative estimate of drug-likeness (QED) is 0.260. The van der Waals surface area contributed by atoms with Crippen molar-refractivity contribution in [1.82, 2.24) is 14.1 Å². The smallest absolute Gasteiger partial charge is 0.251 e. The van der Waals surface area contributed by atoms with Crippen LogP contribution in [0.1, 0.15) is 28.3 Å². The topological polar surface area (TPSA) is 44.2 Å². The van der Waals surface area contributed by atoms with Crippen molar-refractivity contribution in [2.24, 2.45) is 14.1 Å². The maximum Gasteiger partial charge on any atom is 0.251 e. The molecule has 3 aromatic carbocycles. The van der Waals surface area contributed by atoms with Crippen LogP contribution in [-0.4, -0.2) is 14.1 Å². The van der Waals surface area contributed by atoms with Gasteiger partial charge in [0.15, 0.2) is 5.69 Å². The molecule has 0 aliphatic carbocycles. The van der Waals surface area contributed by atoms with Gasteiger partial charge >= 0.3 is 0 Å². The molecule has 0 aliphatic rings. The maximum absolute atomic E-state index is 12.8. The predicted molar refractivity (Wildman–Crippen MR) is 139 cm³/mol. The molecule has 0 fully saturated rings. The SMILES string of the molecule is [C-]#[N+]c1ccc([C@@H](c2ccc3c(c2)c(-c2cccc(C#C)c2)cc(=O)n3C)c2cncn2C)cc1. The lowest BCUT2D eigenvalue weighted by Crippen LogP contribution is -2.16. The van der Waals surface area contributed by atoms with Gasteiger partial charge in [-0.3, -0.25) is 4.79 Å². The second kappa shape index (κ2) is 8.82. The molecule has 168 valence electrons. The standard InChI is InChI=1S/C30H22N4O/c1-5-20-7-6-8-22(15-20)25-17-29(35)34(4)27-14-11-23(16-26(25)27)30(28-18-32-19-33(28)3)21-9-12-24(31-2)13-10-21/h1,6-19,30H,3-4H3/t30-/m0/s1. The van der Waals surface area contributed by atoms with Crippen molar-refractivity contribution in [1.29, 1.82) is 0 Å². The second-order valence-electron chi connectivity index (χ2n) is 8.52. The van der Waals surface area contributed by atoms with Crippen molar-refractivity contribution in [3.05, 3.63) is 129 Å². The monoisotopic (exact) mass is 454 g/mol. The molecule has 0 amide bonds. The van der Waals surface area contributed by atoms with Gasteiger partial charge in [-0.2, -0.15) is 0 Å². The summed E-state index contributed by atoms with van der Waals surface area (Å²) >= 11 is 0. The van der Waals surface area contributed by atoms with E-state index in [1.54, 1.807) is 24.0 Å². The summed E-state index contributed by atoms with van der Waals surface area (Å²) in [5.41, 5.74) is 7.01.